The van der Waals surface area contributed by atoms with Crippen LogP contribution in [0.4, 0.5) is 0 Å². The number of ether oxygens (including phenoxy) is 1. The van der Waals surface area contributed by atoms with Crippen molar-refractivity contribution in [3.8, 4) is 5.75 Å². The van der Waals surface area contributed by atoms with Crippen LogP contribution < -0.4 is 10.3 Å². The van der Waals surface area contributed by atoms with E-state index in [0.717, 1.165) is 14.5 Å². The Morgan fingerprint density at radius 3 is 2.37 bits per heavy atom. The molecule has 0 fully saturated rings. The molecule has 0 bridgehead atoms. The summed E-state index contributed by atoms with van der Waals surface area (Å²) in [5, 5.41) is 5.43. The number of benzene rings is 3. The molecule has 0 amide bonds. The molecular formula is C26H21Br3ClN3O2. The number of halogens is 4. The Kier molecular flexibility index (Phi) is 7.86. The monoisotopic (exact) mass is 679 g/mol. The second-order valence-corrected chi connectivity index (χ2v) is 12.0. The summed E-state index contributed by atoms with van der Waals surface area (Å²) in [6.07, 6.45) is 1.59. The lowest BCUT2D eigenvalue weighted by Crippen LogP contribution is -2.29. The Labute approximate surface area is 233 Å². The molecular weight excluding hydrogens is 661 g/mol. The smallest absolute Gasteiger partial charge is 0.282 e. The van der Waals surface area contributed by atoms with Crippen LogP contribution in [0.1, 0.15) is 37.7 Å². The molecule has 35 heavy (non-hydrogen) atoms. The van der Waals surface area contributed by atoms with Crippen LogP contribution in [0.15, 0.2) is 77.9 Å². The normalized spacial score (nSPS) is 12.0. The van der Waals surface area contributed by atoms with E-state index in [1.807, 2.05) is 63.2 Å². The van der Waals surface area contributed by atoms with Crippen molar-refractivity contribution in [1.29, 1.82) is 0 Å². The van der Waals surface area contributed by atoms with Crippen LogP contribution in [-0.4, -0.2) is 15.9 Å². The predicted octanol–water partition coefficient (Wildman–Crippen LogP) is 8.10. The van der Waals surface area contributed by atoms with Crippen molar-refractivity contribution >= 4 is 76.5 Å². The Morgan fingerprint density at radius 2 is 1.71 bits per heavy atom. The maximum absolute atomic E-state index is 13.3. The molecule has 4 rings (SSSR count). The fourth-order valence-electron chi connectivity index (χ4n) is 3.39. The number of hydrogen-bond donors (Lipinski definition) is 0. The summed E-state index contributed by atoms with van der Waals surface area (Å²) in [6.45, 7) is 6.37. The fraction of sp³-hybridized carbons (Fsp3) is 0.192. The molecule has 0 aliphatic heterocycles. The molecule has 1 aromatic heterocycles. The van der Waals surface area contributed by atoms with Gasteiger partial charge in [0.05, 0.1) is 26.6 Å². The summed E-state index contributed by atoms with van der Waals surface area (Å²) in [5.41, 5.74) is 1.72. The molecule has 0 aliphatic carbocycles. The maximum Gasteiger partial charge on any atom is 0.282 e. The average molecular weight is 683 g/mol. The van der Waals surface area contributed by atoms with Gasteiger partial charge in [-0.3, -0.25) is 4.79 Å². The topological polar surface area (TPSA) is 56.5 Å². The van der Waals surface area contributed by atoms with Gasteiger partial charge in [0.25, 0.3) is 5.56 Å². The molecule has 4 aromatic rings. The minimum absolute atomic E-state index is 0.239. The molecule has 0 saturated heterocycles. The summed E-state index contributed by atoms with van der Waals surface area (Å²) in [5.74, 6) is 1.10. The minimum atomic E-state index is -0.402. The van der Waals surface area contributed by atoms with Gasteiger partial charge in [0, 0.05) is 14.4 Å². The fourth-order valence-corrected chi connectivity index (χ4v) is 5.01. The number of nitrogens with zero attached hydrogens (tertiary/aromatic N) is 3. The van der Waals surface area contributed by atoms with Gasteiger partial charge in [-0.1, -0.05) is 76.4 Å². The molecule has 9 heteroatoms. The highest BCUT2D eigenvalue weighted by molar-refractivity contribution is 9.11. The van der Waals surface area contributed by atoms with Crippen molar-refractivity contribution in [3.05, 3.63) is 100 Å². The van der Waals surface area contributed by atoms with E-state index in [1.165, 1.54) is 4.68 Å². The molecule has 0 aliphatic rings. The van der Waals surface area contributed by atoms with Crippen molar-refractivity contribution in [1.82, 2.24) is 9.66 Å². The van der Waals surface area contributed by atoms with Gasteiger partial charge in [0.2, 0.25) is 0 Å². The van der Waals surface area contributed by atoms with Crippen LogP contribution >= 0.6 is 59.4 Å². The lowest BCUT2D eigenvalue weighted by molar-refractivity contribution is 0.304. The number of rotatable bonds is 5. The Bertz CT molecular complexity index is 1470. The average Bonchev–Trinajstić information content (AvgIpc) is 2.78. The van der Waals surface area contributed by atoms with Gasteiger partial charge in [0.15, 0.2) is 5.75 Å². The maximum atomic E-state index is 13.3. The largest absolute Gasteiger partial charge is 0.486 e. The van der Waals surface area contributed by atoms with Gasteiger partial charge in [0.1, 0.15) is 12.4 Å². The van der Waals surface area contributed by atoms with Gasteiger partial charge in [-0.05, 0) is 69.5 Å². The highest BCUT2D eigenvalue weighted by Gasteiger charge is 2.23. The molecule has 0 saturated carbocycles. The zero-order valence-corrected chi connectivity index (χ0v) is 24.7. The molecule has 3 aromatic carbocycles. The third kappa shape index (κ3) is 6.05. The second-order valence-electron chi connectivity index (χ2n) is 8.94. The van der Waals surface area contributed by atoms with Crippen molar-refractivity contribution < 1.29 is 4.74 Å². The van der Waals surface area contributed by atoms with E-state index in [9.17, 15) is 4.79 Å². The van der Waals surface area contributed by atoms with Crippen LogP contribution in [0.3, 0.4) is 0 Å². The first kappa shape index (κ1) is 26.1. The minimum Gasteiger partial charge on any atom is -0.486 e. The van der Waals surface area contributed by atoms with E-state index in [1.54, 1.807) is 18.3 Å². The van der Waals surface area contributed by atoms with Gasteiger partial charge >= 0.3 is 0 Å². The highest BCUT2D eigenvalue weighted by atomic mass is 79.9. The predicted molar refractivity (Wildman–Crippen MR) is 153 cm³/mol. The summed E-state index contributed by atoms with van der Waals surface area (Å²) in [4.78, 5) is 18.1. The summed E-state index contributed by atoms with van der Waals surface area (Å²) in [6, 6.07) is 16.9. The van der Waals surface area contributed by atoms with E-state index in [2.05, 4.69) is 52.9 Å². The zero-order chi connectivity index (χ0) is 25.3. The molecule has 0 N–H and O–H groups in total. The van der Waals surface area contributed by atoms with Crippen molar-refractivity contribution in [2.24, 2.45) is 5.10 Å². The molecule has 0 spiro atoms. The molecule has 0 unspecified atom stereocenters. The first-order valence-electron chi connectivity index (χ1n) is 10.7. The molecule has 5 nitrogen and oxygen atoms in total. The summed E-state index contributed by atoms with van der Waals surface area (Å²) >= 11 is 16.9. The van der Waals surface area contributed by atoms with Crippen LogP contribution in [0.25, 0.3) is 10.9 Å². The third-order valence-corrected chi connectivity index (χ3v) is 7.01. The lowest BCUT2D eigenvalue weighted by Gasteiger charge is -2.20. The Morgan fingerprint density at radius 1 is 1.03 bits per heavy atom. The molecule has 180 valence electrons. The van der Waals surface area contributed by atoms with E-state index >= 15 is 0 Å². The van der Waals surface area contributed by atoms with Gasteiger partial charge in [-0.15, -0.1) is 0 Å². The van der Waals surface area contributed by atoms with E-state index in [4.69, 9.17) is 21.3 Å². The molecule has 0 radical (unpaired) electrons. The van der Waals surface area contributed by atoms with Crippen LogP contribution in [0.5, 0.6) is 5.75 Å². The third-order valence-electron chi connectivity index (χ3n) is 5.12. The highest BCUT2D eigenvalue weighted by Crippen LogP contribution is 2.35. The zero-order valence-electron chi connectivity index (χ0n) is 19.2. The number of hydrogen-bond acceptors (Lipinski definition) is 4. The summed E-state index contributed by atoms with van der Waals surface area (Å²) < 4.78 is 9.80. The number of aromatic nitrogens is 2. The van der Waals surface area contributed by atoms with Crippen LogP contribution in [0, 0.1) is 0 Å². The first-order valence-corrected chi connectivity index (χ1v) is 13.4. The van der Waals surface area contributed by atoms with Crippen LogP contribution in [-0.2, 0) is 12.0 Å². The van der Waals surface area contributed by atoms with Crippen molar-refractivity contribution in [2.75, 3.05) is 0 Å². The summed E-state index contributed by atoms with van der Waals surface area (Å²) in [7, 11) is 0. The van der Waals surface area contributed by atoms with E-state index < -0.39 is 5.41 Å². The van der Waals surface area contributed by atoms with Crippen LogP contribution in [0.2, 0.25) is 5.02 Å². The van der Waals surface area contributed by atoms with Gasteiger partial charge in [-0.2, -0.15) is 9.78 Å². The van der Waals surface area contributed by atoms with Gasteiger partial charge in [-0.25, -0.2) is 4.98 Å². The van der Waals surface area contributed by atoms with E-state index in [0.29, 0.717) is 44.1 Å². The van der Waals surface area contributed by atoms with Gasteiger partial charge < -0.3 is 4.74 Å². The molecule has 0 atom stereocenters. The standard InChI is InChI=1S/C26H21Br3ClN3O2/c1-26(2,3)25-32-22-9-8-18(28)12-19(22)24(34)33(25)31-13-16-10-20(29)23(21(30)11-16)35-14-15-4-6-17(27)7-5-15/h4-13H,14H2,1-3H3. The first-order chi connectivity index (χ1) is 16.5. The second kappa shape index (κ2) is 10.5. The van der Waals surface area contributed by atoms with Crippen molar-refractivity contribution in [2.45, 2.75) is 32.8 Å². The van der Waals surface area contributed by atoms with Crippen molar-refractivity contribution in [3.63, 3.8) is 0 Å². The van der Waals surface area contributed by atoms with E-state index in [-0.39, 0.29) is 5.56 Å². The lowest BCUT2D eigenvalue weighted by atomic mass is 9.95. The Balaban J connectivity index is 1.68. The SMILES string of the molecule is CC(C)(C)c1nc2ccc(Br)cc2c(=O)n1N=Cc1cc(Cl)c(OCc2ccc(Br)cc2)c(Br)c1. The Hall–Kier alpha value is -2.00. The molecule has 1 heterocycles. The number of fused-ring (bicyclic) bond motifs is 1. The quantitative estimate of drug-likeness (QED) is 0.200.